The van der Waals surface area contributed by atoms with Gasteiger partial charge in [0.2, 0.25) is 5.91 Å². The largest absolute Gasteiger partial charge is 0.392 e. The number of aliphatic hydroxyl groups is 1. The molecule has 0 saturated carbocycles. The number of rotatable bonds is 8. The van der Waals surface area contributed by atoms with Crippen LogP contribution in [0.2, 0.25) is 0 Å². The van der Waals surface area contributed by atoms with E-state index in [1.807, 2.05) is 13.8 Å². The van der Waals surface area contributed by atoms with Crippen molar-refractivity contribution in [2.75, 3.05) is 53.0 Å². The van der Waals surface area contributed by atoms with Gasteiger partial charge >= 0.3 is 0 Å². The first-order valence-corrected chi connectivity index (χ1v) is 7.45. The molecule has 1 heterocycles. The summed E-state index contributed by atoms with van der Waals surface area (Å²) in [5.41, 5.74) is 0. The number of methoxy groups -OCH3 is 1. The number of hydrogen-bond acceptors (Lipinski definition) is 5. The van der Waals surface area contributed by atoms with E-state index < -0.39 is 0 Å². The van der Waals surface area contributed by atoms with Crippen LogP contribution in [0.4, 0.5) is 0 Å². The molecule has 6 nitrogen and oxygen atoms in total. The number of piperazine rings is 1. The molecule has 0 unspecified atom stereocenters. The van der Waals surface area contributed by atoms with E-state index in [2.05, 4.69) is 15.1 Å². The van der Waals surface area contributed by atoms with E-state index in [1.165, 1.54) is 0 Å². The molecule has 0 radical (unpaired) electrons. The maximum absolute atomic E-state index is 12.0. The first kappa shape index (κ1) is 17.4. The quantitative estimate of drug-likeness (QED) is 0.591. The number of aliphatic hydroxyl groups excluding tert-OH is 1. The highest BCUT2D eigenvalue weighted by Gasteiger charge is 2.25. The summed E-state index contributed by atoms with van der Waals surface area (Å²) < 4.78 is 4.96. The van der Waals surface area contributed by atoms with Gasteiger partial charge < -0.3 is 15.2 Å². The molecule has 1 fully saturated rings. The van der Waals surface area contributed by atoms with Crippen LogP contribution in [-0.4, -0.2) is 85.9 Å². The van der Waals surface area contributed by atoms with Gasteiger partial charge in [-0.1, -0.05) is 0 Å². The lowest BCUT2D eigenvalue weighted by Gasteiger charge is -2.37. The zero-order valence-electron chi connectivity index (χ0n) is 13.0. The van der Waals surface area contributed by atoms with E-state index in [0.29, 0.717) is 19.7 Å². The fourth-order valence-electron chi connectivity index (χ4n) is 2.45. The lowest BCUT2D eigenvalue weighted by molar-refractivity contribution is -0.126. The Hall–Kier alpha value is -0.690. The van der Waals surface area contributed by atoms with Gasteiger partial charge in [-0.05, 0) is 20.3 Å². The van der Waals surface area contributed by atoms with Crippen molar-refractivity contribution in [1.82, 2.24) is 15.1 Å². The Bertz CT molecular complexity index is 279. The fourth-order valence-corrected chi connectivity index (χ4v) is 2.45. The molecule has 1 aliphatic rings. The molecule has 20 heavy (non-hydrogen) atoms. The van der Waals surface area contributed by atoms with E-state index in [4.69, 9.17) is 4.74 Å². The number of amides is 1. The monoisotopic (exact) mass is 287 g/mol. The number of hydrogen-bond donors (Lipinski definition) is 2. The smallest absolute Gasteiger partial charge is 0.237 e. The minimum absolute atomic E-state index is 0.0880. The highest BCUT2D eigenvalue weighted by Crippen LogP contribution is 2.07. The van der Waals surface area contributed by atoms with Crippen LogP contribution in [0.3, 0.4) is 0 Å². The summed E-state index contributed by atoms with van der Waals surface area (Å²) in [6.45, 7) is 9.38. The van der Waals surface area contributed by atoms with Crippen LogP contribution in [0.5, 0.6) is 0 Å². The number of ether oxygens (including phenoxy) is 1. The van der Waals surface area contributed by atoms with Crippen LogP contribution in [0, 0.1) is 0 Å². The molecule has 1 aliphatic heterocycles. The third-order valence-corrected chi connectivity index (χ3v) is 3.68. The first-order chi connectivity index (χ1) is 9.54. The van der Waals surface area contributed by atoms with E-state index in [-0.39, 0.29) is 18.1 Å². The fraction of sp³-hybridized carbons (Fsp3) is 0.929. The summed E-state index contributed by atoms with van der Waals surface area (Å²) in [4.78, 5) is 16.5. The van der Waals surface area contributed by atoms with Gasteiger partial charge in [0.1, 0.15) is 0 Å². The average Bonchev–Trinajstić information content (AvgIpc) is 2.43. The Kier molecular flexibility index (Phi) is 8.06. The number of nitrogens with one attached hydrogen (secondary N) is 1. The van der Waals surface area contributed by atoms with Crippen LogP contribution in [0.15, 0.2) is 0 Å². The molecule has 6 heteroatoms. The van der Waals surface area contributed by atoms with Crippen LogP contribution < -0.4 is 5.32 Å². The molecule has 1 amide bonds. The molecule has 0 aliphatic carbocycles. The predicted molar refractivity (Wildman–Crippen MR) is 78.7 cm³/mol. The van der Waals surface area contributed by atoms with Gasteiger partial charge in [-0.25, -0.2) is 0 Å². The maximum Gasteiger partial charge on any atom is 0.237 e. The molecule has 2 N–H and O–H groups in total. The third kappa shape index (κ3) is 6.17. The van der Waals surface area contributed by atoms with Gasteiger partial charge in [0.05, 0.1) is 12.1 Å². The van der Waals surface area contributed by atoms with Gasteiger partial charge in [-0.2, -0.15) is 0 Å². The molecular formula is C14H29N3O3. The Morgan fingerprint density at radius 1 is 1.30 bits per heavy atom. The second kappa shape index (κ2) is 9.28. The predicted octanol–water partition coefficient (Wildman–Crippen LogP) is -0.474. The Balaban J connectivity index is 2.24. The van der Waals surface area contributed by atoms with Gasteiger partial charge in [0.25, 0.3) is 0 Å². The number of carbonyl (C=O) groups is 1. The summed E-state index contributed by atoms with van der Waals surface area (Å²) in [6, 6.07) is -0.0914. The lowest BCUT2D eigenvalue weighted by atomic mass is 10.2. The molecule has 0 aromatic rings. The Morgan fingerprint density at radius 2 is 1.95 bits per heavy atom. The topological polar surface area (TPSA) is 65.0 Å². The summed E-state index contributed by atoms with van der Waals surface area (Å²) in [5.74, 6) is 0.0880. The lowest BCUT2D eigenvalue weighted by Crippen LogP contribution is -2.54. The minimum atomic E-state index is -0.289. The molecule has 1 saturated heterocycles. The molecule has 0 aromatic carbocycles. The van der Waals surface area contributed by atoms with Crippen molar-refractivity contribution in [1.29, 1.82) is 0 Å². The Labute approximate surface area is 122 Å². The molecular weight excluding hydrogens is 258 g/mol. The SMILES string of the molecule is COCCCNC(=O)[C@H](C)N1CCN(C[C@@H](C)O)CC1. The number of nitrogens with zero attached hydrogens (tertiary/aromatic N) is 2. The van der Waals surface area contributed by atoms with Crippen molar-refractivity contribution < 1.29 is 14.6 Å². The molecule has 0 bridgehead atoms. The van der Waals surface area contributed by atoms with Crippen molar-refractivity contribution in [3.05, 3.63) is 0 Å². The average molecular weight is 287 g/mol. The normalized spacial score (nSPS) is 20.6. The van der Waals surface area contributed by atoms with E-state index in [9.17, 15) is 9.90 Å². The zero-order chi connectivity index (χ0) is 15.0. The number of β-amino-alcohol motifs (C(OH)–C–C–N with tert-alkyl or cyclic N) is 1. The van der Waals surface area contributed by atoms with E-state index in [1.54, 1.807) is 7.11 Å². The van der Waals surface area contributed by atoms with E-state index in [0.717, 1.165) is 32.6 Å². The van der Waals surface area contributed by atoms with Gasteiger partial charge in [-0.15, -0.1) is 0 Å². The maximum atomic E-state index is 12.0. The van der Waals surface area contributed by atoms with Crippen molar-refractivity contribution >= 4 is 5.91 Å². The highest BCUT2D eigenvalue weighted by atomic mass is 16.5. The van der Waals surface area contributed by atoms with Crippen LogP contribution in [0.25, 0.3) is 0 Å². The number of carbonyl (C=O) groups excluding carboxylic acids is 1. The third-order valence-electron chi connectivity index (χ3n) is 3.68. The second-order valence-electron chi connectivity index (χ2n) is 5.50. The van der Waals surface area contributed by atoms with Crippen LogP contribution in [-0.2, 0) is 9.53 Å². The van der Waals surface area contributed by atoms with Crippen molar-refractivity contribution in [2.24, 2.45) is 0 Å². The summed E-state index contributed by atoms with van der Waals surface area (Å²) in [6.07, 6.45) is 0.556. The van der Waals surface area contributed by atoms with Gasteiger partial charge in [0.15, 0.2) is 0 Å². The van der Waals surface area contributed by atoms with Gasteiger partial charge in [0, 0.05) is 53.0 Å². The highest BCUT2D eigenvalue weighted by molar-refractivity contribution is 5.81. The van der Waals surface area contributed by atoms with Crippen LogP contribution >= 0.6 is 0 Å². The van der Waals surface area contributed by atoms with Crippen molar-refractivity contribution in [3.8, 4) is 0 Å². The molecule has 0 spiro atoms. The second-order valence-corrected chi connectivity index (χ2v) is 5.50. The standard InChI is InChI=1S/C14H29N3O3/c1-12(18)11-16-6-8-17(9-7-16)13(2)14(19)15-5-4-10-20-3/h12-13,18H,4-11H2,1-3H3,(H,15,19)/t12-,13+/m1/s1. The summed E-state index contributed by atoms with van der Waals surface area (Å²) in [7, 11) is 1.66. The first-order valence-electron chi connectivity index (χ1n) is 7.45. The molecule has 0 aromatic heterocycles. The van der Waals surface area contributed by atoms with E-state index >= 15 is 0 Å². The minimum Gasteiger partial charge on any atom is -0.392 e. The van der Waals surface area contributed by atoms with Gasteiger partial charge in [-0.3, -0.25) is 14.6 Å². The van der Waals surface area contributed by atoms with Crippen molar-refractivity contribution in [2.45, 2.75) is 32.4 Å². The molecule has 1 rings (SSSR count). The van der Waals surface area contributed by atoms with Crippen LogP contribution in [0.1, 0.15) is 20.3 Å². The molecule has 2 atom stereocenters. The van der Waals surface area contributed by atoms with Crippen molar-refractivity contribution in [3.63, 3.8) is 0 Å². The molecule has 118 valence electrons. The Morgan fingerprint density at radius 3 is 2.50 bits per heavy atom. The summed E-state index contributed by atoms with van der Waals surface area (Å²) >= 11 is 0. The summed E-state index contributed by atoms with van der Waals surface area (Å²) in [5, 5.41) is 12.3. The zero-order valence-corrected chi connectivity index (χ0v) is 13.0.